The van der Waals surface area contributed by atoms with Gasteiger partial charge in [-0.25, -0.2) is 4.98 Å². The van der Waals surface area contributed by atoms with E-state index in [2.05, 4.69) is 15.4 Å². The normalized spacial score (nSPS) is 12.5. The molecular weight excluding hydrogens is 260 g/mol. The number of nitrogens with one attached hydrogen (secondary N) is 1. The largest absolute Gasteiger partial charge is 0.314 e. The monoisotopic (exact) mass is 278 g/mol. The van der Waals surface area contributed by atoms with Gasteiger partial charge in [0, 0.05) is 5.69 Å². The summed E-state index contributed by atoms with van der Waals surface area (Å²) in [6, 6.07) is 1.63. The molecule has 5 nitrogen and oxygen atoms in total. The summed E-state index contributed by atoms with van der Waals surface area (Å²) >= 11 is 1.49. The van der Waals surface area contributed by atoms with Gasteiger partial charge in [-0.2, -0.15) is 5.10 Å². The minimum absolute atomic E-state index is 0.0713. The van der Waals surface area contributed by atoms with Crippen LogP contribution in [0.25, 0.3) is 0 Å². The molecule has 2 heterocycles. The number of aromatic nitrogens is 3. The number of carbonyl (C=O) groups is 1. The maximum absolute atomic E-state index is 12.2. The van der Waals surface area contributed by atoms with Crippen molar-refractivity contribution >= 4 is 22.2 Å². The molecule has 2 aromatic heterocycles. The van der Waals surface area contributed by atoms with Crippen LogP contribution in [0, 0.1) is 27.7 Å². The molecule has 1 atom stereocenters. The molecule has 0 spiro atoms. The van der Waals surface area contributed by atoms with Crippen LogP contribution in [-0.4, -0.2) is 20.7 Å². The predicted octanol–water partition coefficient (Wildman–Crippen LogP) is 2.77. The maximum Gasteiger partial charge on any atom is 0.249 e. The number of hydrogen-bond acceptors (Lipinski definition) is 4. The molecule has 0 saturated heterocycles. The van der Waals surface area contributed by atoms with Crippen LogP contribution in [0.5, 0.6) is 0 Å². The van der Waals surface area contributed by atoms with Crippen molar-refractivity contribution in [3.63, 3.8) is 0 Å². The first-order chi connectivity index (χ1) is 8.88. The highest BCUT2D eigenvalue weighted by atomic mass is 32.1. The van der Waals surface area contributed by atoms with E-state index in [1.165, 1.54) is 11.3 Å². The summed E-state index contributed by atoms with van der Waals surface area (Å²) in [5.41, 5.74) is 2.76. The third-order valence-electron chi connectivity index (χ3n) is 2.93. The molecule has 0 aliphatic rings. The highest BCUT2D eigenvalue weighted by Gasteiger charge is 2.19. The lowest BCUT2D eigenvalue weighted by Gasteiger charge is -2.13. The molecule has 0 bridgehead atoms. The number of amides is 1. The number of aryl methyl sites for hydroxylation is 4. The third kappa shape index (κ3) is 2.84. The van der Waals surface area contributed by atoms with Gasteiger partial charge in [0.2, 0.25) is 5.91 Å². The van der Waals surface area contributed by atoms with E-state index < -0.39 is 0 Å². The van der Waals surface area contributed by atoms with Crippen molar-refractivity contribution in [1.29, 1.82) is 0 Å². The molecular formula is C13H18N4OS. The van der Waals surface area contributed by atoms with Crippen LogP contribution in [0.2, 0.25) is 0 Å². The summed E-state index contributed by atoms with van der Waals surface area (Å²) < 4.78 is 1.74. The van der Waals surface area contributed by atoms with E-state index in [4.69, 9.17) is 0 Å². The first kappa shape index (κ1) is 13.7. The fraction of sp³-hybridized carbons (Fsp3) is 0.462. The minimum Gasteiger partial charge on any atom is -0.314 e. The van der Waals surface area contributed by atoms with Crippen LogP contribution in [0.3, 0.4) is 0 Å². The molecule has 19 heavy (non-hydrogen) atoms. The Bertz CT molecular complexity index is 614. The van der Waals surface area contributed by atoms with Gasteiger partial charge in [-0.15, -0.1) is 11.3 Å². The van der Waals surface area contributed by atoms with Crippen molar-refractivity contribution in [2.24, 2.45) is 0 Å². The summed E-state index contributed by atoms with van der Waals surface area (Å²) in [6.45, 7) is 9.54. The lowest BCUT2D eigenvalue weighted by Crippen LogP contribution is -2.25. The molecule has 1 N–H and O–H groups in total. The molecule has 6 heteroatoms. The van der Waals surface area contributed by atoms with Gasteiger partial charge in [0.25, 0.3) is 0 Å². The second-order valence-electron chi connectivity index (χ2n) is 4.68. The van der Waals surface area contributed by atoms with Crippen molar-refractivity contribution < 1.29 is 4.79 Å². The molecule has 0 aliphatic heterocycles. The van der Waals surface area contributed by atoms with E-state index in [0.29, 0.717) is 0 Å². The molecule has 1 unspecified atom stereocenters. The predicted molar refractivity (Wildman–Crippen MR) is 76.6 cm³/mol. The van der Waals surface area contributed by atoms with E-state index in [9.17, 15) is 4.79 Å². The van der Waals surface area contributed by atoms with Crippen molar-refractivity contribution in [2.45, 2.75) is 40.7 Å². The van der Waals surface area contributed by atoms with Gasteiger partial charge in [0.15, 0.2) is 0 Å². The average molecular weight is 278 g/mol. The Kier molecular flexibility index (Phi) is 3.71. The van der Waals surface area contributed by atoms with Crippen LogP contribution in [0.15, 0.2) is 6.07 Å². The van der Waals surface area contributed by atoms with Crippen LogP contribution >= 0.6 is 11.3 Å². The van der Waals surface area contributed by atoms with E-state index in [1.54, 1.807) is 4.68 Å². The van der Waals surface area contributed by atoms with Crippen molar-refractivity contribution in [3.8, 4) is 0 Å². The number of carbonyl (C=O) groups excluding carboxylic acids is 1. The second-order valence-corrected chi connectivity index (χ2v) is 5.89. The molecule has 2 rings (SSSR count). The quantitative estimate of drug-likeness (QED) is 0.939. The molecule has 2 aromatic rings. The molecule has 1 amide bonds. The first-order valence-corrected chi connectivity index (χ1v) is 6.97. The molecule has 0 radical (unpaired) electrons. The fourth-order valence-corrected chi connectivity index (χ4v) is 2.84. The van der Waals surface area contributed by atoms with Crippen LogP contribution in [-0.2, 0) is 4.79 Å². The Hall–Kier alpha value is -1.69. The number of hydrogen-bond donors (Lipinski definition) is 1. The van der Waals surface area contributed by atoms with E-state index in [1.807, 2.05) is 40.7 Å². The van der Waals surface area contributed by atoms with Gasteiger partial charge in [0.1, 0.15) is 11.0 Å². The van der Waals surface area contributed by atoms with Gasteiger partial charge < -0.3 is 5.32 Å². The van der Waals surface area contributed by atoms with Gasteiger partial charge in [-0.1, -0.05) is 0 Å². The summed E-state index contributed by atoms with van der Waals surface area (Å²) in [7, 11) is 0. The standard InChI is InChI=1S/C13H18N4OS/c1-7-6-8(2)17(16-7)10(4)12(18)15-13-9(3)14-11(5)19-13/h6,10H,1-5H3,(H,15,18). The Balaban J connectivity index is 2.16. The van der Waals surface area contributed by atoms with Gasteiger partial charge in [-0.05, 0) is 40.7 Å². The van der Waals surface area contributed by atoms with Crippen molar-refractivity contribution in [1.82, 2.24) is 14.8 Å². The van der Waals surface area contributed by atoms with E-state index in [0.717, 1.165) is 27.1 Å². The zero-order valence-electron chi connectivity index (χ0n) is 11.8. The van der Waals surface area contributed by atoms with Crippen LogP contribution in [0.1, 0.15) is 35.1 Å². The SMILES string of the molecule is Cc1cc(C)n(C(C)C(=O)Nc2sc(C)nc2C)n1. The molecule has 0 aliphatic carbocycles. The number of nitrogens with zero attached hydrogens (tertiary/aromatic N) is 3. The average Bonchev–Trinajstić information content (AvgIpc) is 2.80. The Labute approximate surface area is 116 Å². The molecule has 102 valence electrons. The number of rotatable bonds is 3. The highest BCUT2D eigenvalue weighted by Crippen LogP contribution is 2.24. The van der Waals surface area contributed by atoms with Crippen molar-refractivity contribution in [3.05, 3.63) is 28.2 Å². The smallest absolute Gasteiger partial charge is 0.249 e. The highest BCUT2D eigenvalue weighted by molar-refractivity contribution is 7.16. The number of anilines is 1. The fourth-order valence-electron chi connectivity index (χ4n) is 2.01. The maximum atomic E-state index is 12.2. The summed E-state index contributed by atoms with van der Waals surface area (Å²) in [5, 5.41) is 9.03. The summed E-state index contributed by atoms with van der Waals surface area (Å²) in [6.07, 6.45) is 0. The Morgan fingerprint density at radius 2 is 2.05 bits per heavy atom. The van der Waals surface area contributed by atoms with E-state index in [-0.39, 0.29) is 11.9 Å². The third-order valence-corrected chi connectivity index (χ3v) is 3.92. The zero-order valence-corrected chi connectivity index (χ0v) is 12.6. The van der Waals surface area contributed by atoms with Gasteiger partial charge in [-0.3, -0.25) is 9.48 Å². The minimum atomic E-state index is -0.337. The lowest BCUT2D eigenvalue weighted by atomic mass is 10.3. The van der Waals surface area contributed by atoms with Crippen LogP contribution in [0.4, 0.5) is 5.00 Å². The molecule has 0 fully saturated rings. The van der Waals surface area contributed by atoms with Gasteiger partial charge >= 0.3 is 0 Å². The Morgan fingerprint density at radius 1 is 1.37 bits per heavy atom. The van der Waals surface area contributed by atoms with Crippen LogP contribution < -0.4 is 5.32 Å². The molecule has 0 aromatic carbocycles. The summed E-state index contributed by atoms with van der Waals surface area (Å²) in [4.78, 5) is 16.5. The molecule has 0 saturated carbocycles. The number of thiazole rings is 1. The Morgan fingerprint density at radius 3 is 2.53 bits per heavy atom. The zero-order chi connectivity index (χ0) is 14.2. The van der Waals surface area contributed by atoms with E-state index >= 15 is 0 Å². The summed E-state index contributed by atoms with van der Waals surface area (Å²) in [5.74, 6) is -0.0713. The topological polar surface area (TPSA) is 59.8 Å². The first-order valence-electron chi connectivity index (χ1n) is 6.16. The van der Waals surface area contributed by atoms with Gasteiger partial charge in [0.05, 0.1) is 16.4 Å². The van der Waals surface area contributed by atoms with Crippen molar-refractivity contribution in [2.75, 3.05) is 5.32 Å². The lowest BCUT2D eigenvalue weighted by molar-refractivity contribution is -0.119. The second kappa shape index (κ2) is 5.13.